The molecule has 4 heterocycles. The number of hydrogen-bond donors (Lipinski definition) is 1. The lowest BCUT2D eigenvalue weighted by Gasteiger charge is -2.14. The van der Waals surface area contributed by atoms with Gasteiger partial charge in [-0.05, 0) is 88.0 Å². The SMILES string of the molecule is c1ccc(-c2ccc(-c3nc(-c4ccccc4)nc(-c4cc(-c5cc(-n6c7ccccc7c7cc(-c8ccccc8)ccc76)cc6[nH]c7ccccc7c56)cc5oc6ccccc6c45)n3)cc2)cc1. The average Bonchev–Trinajstić information content (AvgIpc) is 4.10. The molecule has 0 spiro atoms. The summed E-state index contributed by atoms with van der Waals surface area (Å²) >= 11 is 0. The fourth-order valence-electron chi connectivity index (χ4n) is 10.4. The lowest BCUT2D eigenvalue weighted by atomic mass is 9.94. The van der Waals surface area contributed by atoms with Crippen LogP contribution < -0.4 is 0 Å². The molecule has 6 heteroatoms. The Balaban J connectivity index is 1.03. The van der Waals surface area contributed by atoms with Crippen LogP contribution in [0, 0.1) is 0 Å². The van der Waals surface area contributed by atoms with Crippen LogP contribution in [0.4, 0.5) is 0 Å². The van der Waals surface area contributed by atoms with Gasteiger partial charge in [0.05, 0.1) is 11.0 Å². The Hall–Kier alpha value is -9.39. The van der Waals surface area contributed by atoms with Crippen molar-refractivity contribution in [2.75, 3.05) is 0 Å². The largest absolute Gasteiger partial charge is 0.456 e. The van der Waals surface area contributed by atoms with Crippen molar-refractivity contribution in [3.05, 3.63) is 231 Å². The Morgan fingerprint density at radius 1 is 0.319 bits per heavy atom. The van der Waals surface area contributed by atoms with E-state index in [2.05, 4.69) is 204 Å². The van der Waals surface area contributed by atoms with E-state index in [0.29, 0.717) is 17.5 Å². The van der Waals surface area contributed by atoms with Gasteiger partial charge in [0.25, 0.3) is 0 Å². The van der Waals surface area contributed by atoms with Crippen LogP contribution >= 0.6 is 0 Å². The van der Waals surface area contributed by atoms with Gasteiger partial charge in [0.1, 0.15) is 11.2 Å². The molecule has 0 bridgehead atoms. The summed E-state index contributed by atoms with van der Waals surface area (Å²) in [7, 11) is 0. The van der Waals surface area contributed by atoms with Crippen molar-refractivity contribution in [3.63, 3.8) is 0 Å². The third-order valence-electron chi connectivity index (χ3n) is 13.6. The topological polar surface area (TPSA) is 72.5 Å². The highest BCUT2D eigenvalue weighted by Gasteiger charge is 2.23. The van der Waals surface area contributed by atoms with Gasteiger partial charge in [0, 0.05) is 65.7 Å². The zero-order chi connectivity index (χ0) is 45.4. The van der Waals surface area contributed by atoms with Crippen molar-refractivity contribution < 1.29 is 4.42 Å². The van der Waals surface area contributed by atoms with Gasteiger partial charge in [0.15, 0.2) is 17.5 Å². The third-order valence-corrected chi connectivity index (χ3v) is 13.6. The molecule has 0 aliphatic carbocycles. The third kappa shape index (κ3) is 6.45. The molecule has 0 saturated heterocycles. The summed E-state index contributed by atoms with van der Waals surface area (Å²) in [6, 6.07) is 81.1. The minimum Gasteiger partial charge on any atom is -0.456 e. The summed E-state index contributed by atoms with van der Waals surface area (Å²) in [5, 5.41) is 6.61. The molecule has 4 aromatic heterocycles. The second-order valence-corrected chi connectivity index (χ2v) is 17.6. The molecule has 322 valence electrons. The number of H-pyrrole nitrogens is 1. The number of rotatable bonds is 7. The van der Waals surface area contributed by atoms with Crippen LogP contribution in [0.5, 0.6) is 0 Å². The second kappa shape index (κ2) is 15.6. The Morgan fingerprint density at radius 2 is 0.870 bits per heavy atom. The Labute approximate surface area is 396 Å². The number of furan rings is 1. The molecule has 14 rings (SSSR count). The van der Waals surface area contributed by atoms with Crippen LogP contribution in [0.3, 0.4) is 0 Å². The predicted octanol–water partition coefficient (Wildman–Crippen LogP) is 16.5. The van der Waals surface area contributed by atoms with Gasteiger partial charge < -0.3 is 14.0 Å². The summed E-state index contributed by atoms with van der Waals surface area (Å²) in [6.45, 7) is 0. The van der Waals surface area contributed by atoms with Gasteiger partial charge in [0.2, 0.25) is 0 Å². The molecular weight excluding hydrogens is 843 g/mol. The summed E-state index contributed by atoms with van der Waals surface area (Å²) in [5.74, 6) is 1.75. The van der Waals surface area contributed by atoms with E-state index < -0.39 is 0 Å². The first kappa shape index (κ1) is 38.8. The van der Waals surface area contributed by atoms with Crippen molar-refractivity contribution in [1.82, 2.24) is 24.5 Å². The molecule has 0 amide bonds. The molecule has 0 saturated carbocycles. The highest BCUT2D eigenvalue weighted by atomic mass is 16.3. The number of para-hydroxylation sites is 3. The number of aromatic amines is 1. The highest BCUT2D eigenvalue weighted by Crippen LogP contribution is 2.45. The van der Waals surface area contributed by atoms with Crippen LogP contribution in [-0.4, -0.2) is 24.5 Å². The summed E-state index contributed by atoms with van der Waals surface area (Å²) in [5.41, 5.74) is 16.3. The fraction of sp³-hybridized carbons (Fsp3) is 0. The first-order valence-electron chi connectivity index (χ1n) is 23.3. The lowest BCUT2D eigenvalue weighted by molar-refractivity contribution is 0.669. The van der Waals surface area contributed by atoms with Crippen LogP contribution in [0.25, 0.3) is 139 Å². The number of aromatic nitrogens is 5. The first-order valence-corrected chi connectivity index (χ1v) is 23.3. The van der Waals surface area contributed by atoms with Crippen molar-refractivity contribution in [2.45, 2.75) is 0 Å². The van der Waals surface area contributed by atoms with E-state index in [1.807, 2.05) is 36.4 Å². The van der Waals surface area contributed by atoms with Crippen molar-refractivity contribution in [2.24, 2.45) is 0 Å². The zero-order valence-corrected chi connectivity index (χ0v) is 37.1. The maximum Gasteiger partial charge on any atom is 0.164 e. The zero-order valence-electron chi connectivity index (χ0n) is 37.1. The number of nitrogens with zero attached hydrogens (tertiary/aromatic N) is 4. The maximum absolute atomic E-state index is 6.82. The normalized spacial score (nSPS) is 11.8. The van der Waals surface area contributed by atoms with Crippen molar-refractivity contribution in [1.29, 1.82) is 0 Å². The molecule has 0 unspecified atom stereocenters. The van der Waals surface area contributed by atoms with Crippen LogP contribution in [0.1, 0.15) is 0 Å². The van der Waals surface area contributed by atoms with E-state index >= 15 is 0 Å². The Bertz CT molecular complexity index is 4280. The van der Waals surface area contributed by atoms with E-state index in [0.717, 1.165) is 99.4 Å². The molecule has 1 N–H and O–H groups in total. The van der Waals surface area contributed by atoms with E-state index in [9.17, 15) is 0 Å². The molecule has 14 aromatic rings. The predicted molar refractivity (Wildman–Crippen MR) is 283 cm³/mol. The summed E-state index contributed by atoms with van der Waals surface area (Å²) < 4.78 is 9.23. The van der Waals surface area contributed by atoms with E-state index in [1.54, 1.807) is 0 Å². The average molecular weight is 882 g/mol. The second-order valence-electron chi connectivity index (χ2n) is 17.6. The van der Waals surface area contributed by atoms with Crippen LogP contribution in [0.15, 0.2) is 235 Å². The molecule has 0 atom stereocenters. The van der Waals surface area contributed by atoms with E-state index in [-0.39, 0.29) is 0 Å². The molecular formula is C63H39N5O. The van der Waals surface area contributed by atoms with E-state index in [1.165, 1.54) is 21.9 Å². The van der Waals surface area contributed by atoms with Crippen LogP contribution in [-0.2, 0) is 0 Å². The lowest BCUT2D eigenvalue weighted by Crippen LogP contribution is -2.01. The van der Waals surface area contributed by atoms with Gasteiger partial charge in [-0.2, -0.15) is 0 Å². The minimum atomic E-state index is 0.562. The monoisotopic (exact) mass is 881 g/mol. The summed E-state index contributed by atoms with van der Waals surface area (Å²) in [4.78, 5) is 19.6. The molecule has 0 aliphatic heterocycles. The molecule has 6 nitrogen and oxygen atoms in total. The Kier molecular flexibility index (Phi) is 8.79. The number of benzene rings is 10. The molecule has 0 radical (unpaired) electrons. The molecule has 0 aliphatic rings. The molecule has 10 aromatic carbocycles. The van der Waals surface area contributed by atoms with Gasteiger partial charge in [-0.3, -0.25) is 0 Å². The highest BCUT2D eigenvalue weighted by molar-refractivity contribution is 6.18. The standard InChI is InChI=1S/C63H39N5O/c1-4-16-39(17-5-1)41-28-30-43(31-29-41)62-65-61(42-20-8-3-9-21-42)66-63(67-62)52-35-45(36-58-60(52)49-24-12-15-27-57(49)69-58)50-37-46(38-54-59(50)48-23-10-13-25-53(48)64-54)68-55-26-14-11-22-47(55)51-34-44(32-33-56(51)68)40-18-6-2-7-19-40/h1-38,64H. The smallest absolute Gasteiger partial charge is 0.164 e. The van der Waals surface area contributed by atoms with Gasteiger partial charge in [-0.15, -0.1) is 0 Å². The minimum absolute atomic E-state index is 0.562. The Morgan fingerprint density at radius 3 is 1.62 bits per heavy atom. The molecule has 69 heavy (non-hydrogen) atoms. The number of nitrogens with one attached hydrogen (secondary N) is 1. The number of fused-ring (bicyclic) bond motifs is 9. The van der Waals surface area contributed by atoms with Crippen molar-refractivity contribution in [3.8, 4) is 73.2 Å². The quantitative estimate of drug-likeness (QED) is 0.173. The van der Waals surface area contributed by atoms with Gasteiger partial charge >= 0.3 is 0 Å². The van der Waals surface area contributed by atoms with Gasteiger partial charge in [-0.1, -0.05) is 176 Å². The molecule has 0 fully saturated rings. The van der Waals surface area contributed by atoms with E-state index in [4.69, 9.17) is 19.4 Å². The fourth-order valence-corrected chi connectivity index (χ4v) is 10.4. The van der Waals surface area contributed by atoms with Gasteiger partial charge in [-0.25, -0.2) is 15.0 Å². The van der Waals surface area contributed by atoms with Crippen molar-refractivity contribution >= 4 is 65.6 Å². The van der Waals surface area contributed by atoms with Crippen LogP contribution in [0.2, 0.25) is 0 Å². The number of hydrogen-bond acceptors (Lipinski definition) is 4. The summed E-state index contributed by atoms with van der Waals surface area (Å²) in [6.07, 6.45) is 0. The first-order chi connectivity index (χ1) is 34.2. The maximum atomic E-state index is 6.82.